The number of nitrogens with two attached hydrogens (primary N) is 1. The Labute approximate surface area is 131 Å². The molecule has 2 rings (SSSR count). The fraction of sp³-hybridized carbons (Fsp3) is 0.235. The Morgan fingerprint density at radius 2 is 1.76 bits per heavy atom. The van der Waals surface area contributed by atoms with Gasteiger partial charge in [-0.15, -0.1) is 0 Å². The lowest BCUT2D eigenvalue weighted by molar-refractivity contribution is 0.319. The van der Waals surface area contributed by atoms with Crippen molar-refractivity contribution in [1.29, 1.82) is 0 Å². The number of benzene rings is 2. The van der Waals surface area contributed by atoms with E-state index in [1.807, 2.05) is 24.3 Å². The molecule has 3 nitrogen and oxygen atoms in total. The molecule has 2 N–H and O–H groups in total. The second-order valence-corrected chi connectivity index (χ2v) is 5.50. The van der Waals surface area contributed by atoms with Crippen molar-refractivity contribution in [2.75, 3.05) is 14.2 Å². The molecule has 4 heteroatoms. The summed E-state index contributed by atoms with van der Waals surface area (Å²) in [4.78, 5) is 2.61. The lowest BCUT2D eigenvalue weighted by Gasteiger charge is -2.18. The first-order valence-corrected chi connectivity index (χ1v) is 7.20. The van der Waals surface area contributed by atoms with E-state index in [9.17, 15) is 0 Å². The summed E-state index contributed by atoms with van der Waals surface area (Å²) in [5.74, 6) is 0.719. The third-order valence-corrected chi connectivity index (χ3v) is 3.50. The van der Waals surface area contributed by atoms with E-state index in [-0.39, 0.29) is 0 Å². The molecule has 2 aromatic rings. The molecule has 0 aliphatic carbocycles. The van der Waals surface area contributed by atoms with Crippen LogP contribution in [0.3, 0.4) is 0 Å². The van der Waals surface area contributed by atoms with E-state index in [1.165, 1.54) is 5.56 Å². The van der Waals surface area contributed by atoms with Crippen molar-refractivity contribution in [3.8, 4) is 5.75 Å². The standard InChI is InChI=1S/C17H20N2OS/c1-19(11-13-6-4-3-5-7-13)12-14-8-9-16(20-2)15(10-14)17(18)21/h3-10H,11-12H2,1-2H3,(H2,18,21). The average molecular weight is 300 g/mol. The molecule has 0 aromatic heterocycles. The fourth-order valence-corrected chi connectivity index (χ4v) is 2.47. The minimum absolute atomic E-state index is 0.361. The van der Waals surface area contributed by atoms with Gasteiger partial charge in [0.1, 0.15) is 10.7 Å². The van der Waals surface area contributed by atoms with Crippen molar-refractivity contribution in [3.63, 3.8) is 0 Å². The van der Waals surface area contributed by atoms with E-state index in [4.69, 9.17) is 22.7 Å². The second kappa shape index (κ2) is 7.20. The molecule has 0 heterocycles. The predicted octanol–water partition coefficient (Wildman–Crippen LogP) is 2.96. The maximum Gasteiger partial charge on any atom is 0.129 e. The van der Waals surface area contributed by atoms with E-state index >= 15 is 0 Å². The molecule has 0 saturated carbocycles. The first kappa shape index (κ1) is 15.5. The number of ether oxygens (including phenoxy) is 1. The van der Waals surface area contributed by atoms with Gasteiger partial charge in [0.25, 0.3) is 0 Å². The Morgan fingerprint density at radius 1 is 1.10 bits per heavy atom. The molecule has 0 unspecified atom stereocenters. The Kier molecular flexibility index (Phi) is 5.31. The van der Waals surface area contributed by atoms with Gasteiger partial charge in [0.15, 0.2) is 0 Å². The van der Waals surface area contributed by atoms with Gasteiger partial charge in [-0.3, -0.25) is 4.90 Å². The van der Waals surface area contributed by atoms with Crippen LogP contribution in [0.15, 0.2) is 48.5 Å². The first-order chi connectivity index (χ1) is 10.1. The van der Waals surface area contributed by atoms with E-state index in [0.29, 0.717) is 4.99 Å². The highest BCUT2D eigenvalue weighted by Gasteiger charge is 2.08. The molecule has 0 atom stereocenters. The molecule has 0 aliphatic heterocycles. The van der Waals surface area contributed by atoms with E-state index in [1.54, 1.807) is 7.11 Å². The summed E-state index contributed by atoms with van der Waals surface area (Å²) in [6.45, 7) is 1.73. The molecular formula is C17H20N2OS. The topological polar surface area (TPSA) is 38.5 Å². The van der Waals surface area contributed by atoms with Gasteiger partial charge in [-0.2, -0.15) is 0 Å². The summed E-state index contributed by atoms with van der Waals surface area (Å²) in [5, 5.41) is 0. The summed E-state index contributed by atoms with van der Waals surface area (Å²) >= 11 is 5.08. The Balaban J connectivity index is 2.09. The number of rotatable bonds is 6. The molecule has 0 spiro atoms. The number of methoxy groups -OCH3 is 1. The van der Waals surface area contributed by atoms with Crippen molar-refractivity contribution in [3.05, 3.63) is 65.2 Å². The van der Waals surface area contributed by atoms with Crippen LogP contribution in [0.25, 0.3) is 0 Å². The maximum absolute atomic E-state index is 5.75. The molecule has 2 aromatic carbocycles. The summed E-state index contributed by atoms with van der Waals surface area (Å²) in [5.41, 5.74) is 9.00. The van der Waals surface area contributed by atoms with E-state index in [2.05, 4.69) is 36.2 Å². The first-order valence-electron chi connectivity index (χ1n) is 6.79. The largest absolute Gasteiger partial charge is 0.496 e. The fourth-order valence-electron chi connectivity index (χ4n) is 2.31. The van der Waals surface area contributed by atoms with Gasteiger partial charge >= 0.3 is 0 Å². The highest BCUT2D eigenvalue weighted by Crippen LogP contribution is 2.20. The van der Waals surface area contributed by atoms with Crippen LogP contribution in [0.2, 0.25) is 0 Å². The lowest BCUT2D eigenvalue weighted by atomic mass is 10.1. The minimum Gasteiger partial charge on any atom is -0.496 e. The van der Waals surface area contributed by atoms with Crippen LogP contribution < -0.4 is 10.5 Å². The Bertz CT molecular complexity index is 613. The van der Waals surface area contributed by atoms with Crippen molar-refractivity contribution in [2.45, 2.75) is 13.1 Å². The summed E-state index contributed by atoms with van der Waals surface area (Å²) in [6, 6.07) is 16.4. The maximum atomic E-state index is 5.75. The molecule has 0 aliphatic rings. The quantitative estimate of drug-likeness (QED) is 0.833. The third-order valence-electron chi connectivity index (χ3n) is 3.28. The van der Waals surface area contributed by atoms with Crippen molar-refractivity contribution < 1.29 is 4.74 Å². The number of hydrogen-bond acceptors (Lipinski definition) is 3. The lowest BCUT2D eigenvalue weighted by Crippen LogP contribution is -2.18. The van der Waals surface area contributed by atoms with Crippen LogP contribution in [0.5, 0.6) is 5.75 Å². The second-order valence-electron chi connectivity index (χ2n) is 5.06. The molecule has 0 bridgehead atoms. The predicted molar refractivity (Wildman–Crippen MR) is 90.5 cm³/mol. The molecule has 21 heavy (non-hydrogen) atoms. The minimum atomic E-state index is 0.361. The van der Waals surface area contributed by atoms with Gasteiger partial charge in [0.05, 0.1) is 12.7 Å². The molecule has 0 fully saturated rings. The van der Waals surface area contributed by atoms with Gasteiger partial charge in [0, 0.05) is 13.1 Å². The van der Waals surface area contributed by atoms with Crippen molar-refractivity contribution in [1.82, 2.24) is 4.90 Å². The molecule has 0 amide bonds. The highest BCUT2D eigenvalue weighted by molar-refractivity contribution is 7.80. The monoisotopic (exact) mass is 300 g/mol. The van der Waals surface area contributed by atoms with Crippen LogP contribution in [-0.2, 0) is 13.1 Å². The van der Waals surface area contributed by atoms with Gasteiger partial charge in [-0.25, -0.2) is 0 Å². The highest BCUT2D eigenvalue weighted by atomic mass is 32.1. The normalized spacial score (nSPS) is 10.6. The van der Waals surface area contributed by atoms with Gasteiger partial charge in [-0.1, -0.05) is 48.6 Å². The molecule has 110 valence electrons. The average Bonchev–Trinajstić information content (AvgIpc) is 2.48. The number of thiocarbonyl (C=S) groups is 1. The Morgan fingerprint density at radius 3 is 2.38 bits per heavy atom. The van der Waals surface area contributed by atoms with Gasteiger partial charge in [-0.05, 0) is 30.3 Å². The molecule has 0 radical (unpaired) electrons. The van der Waals surface area contributed by atoms with Crippen LogP contribution >= 0.6 is 12.2 Å². The van der Waals surface area contributed by atoms with Crippen LogP contribution in [-0.4, -0.2) is 24.0 Å². The zero-order valence-electron chi connectivity index (χ0n) is 12.4. The molecule has 0 saturated heterocycles. The van der Waals surface area contributed by atoms with Gasteiger partial charge < -0.3 is 10.5 Å². The smallest absolute Gasteiger partial charge is 0.129 e. The van der Waals surface area contributed by atoms with Crippen LogP contribution in [0, 0.1) is 0 Å². The van der Waals surface area contributed by atoms with Gasteiger partial charge in [0.2, 0.25) is 0 Å². The summed E-state index contributed by atoms with van der Waals surface area (Å²) < 4.78 is 5.28. The van der Waals surface area contributed by atoms with Crippen LogP contribution in [0.4, 0.5) is 0 Å². The Hall–Kier alpha value is -1.91. The van der Waals surface area contributed by atoms with E-state index in [0.717, 1.165) is 30.0 Å². The molecular weight excluding hydrogens is 280 g/mol. The summed E-state index contributed by atoms with van der Waals surface area (Å²) in [7, 11) is 3.72. The number of nitrogens with zero attached hydrogens (tertiary/aromatic N) is 1. The van der Waals surface area contributed by atoms with Crippen molar-refractivity contribution >= 4 is 17.2 Å². The van der Waals surface area contributed by atoms with E-state index < -0.39 is 0 Å². The zero-order valence-corrected chi connectivity index (χ0v) is 13.2. The SMILES string of the molecule is COc1ccc(CN(C)Cc2ccccc2)cc1C(N)=S. The third kappa shape index (κ3) is 4.28. The zero-order chi connectivity index (χ0) is 15.2. The number of hydrogen-bond donors (Lipinski definition) is 1. The van der Waals surface area contributed by atoms with Crippen molar-refractivity contribution in [2.24, 2.45) is 5.73 Å². The summed E-state index contributed by atoms with van der Waals surface area (Å²) in [6.07, 6.45) is 0. The van der Waals surface area contributed by atoms with Crippen LogP contribution in [0.1, 0.15) is 16.7 Å².